The van der Waals surface area contributed by atoms with Crippen molar-refractivity contribution in [2.45, 2.75) is 19.4 Å². The Morgan fingerprint density at radius 3 is 2.94 bits per heavy atom. The predicted molar refractivity (Wildman–Crippen MR) is 65.3 cm³/mol. The van der Waals surface area contributed by atoms with Gasteiger partial charge in [0.25, 0.3) is 0 Å². The summed E-state index contributed by atoms with van der Waals surface area (Å²) in [7, 11) is 0. The lowest BCUT2D eigenvalue weighted by molar-refractivity contribution is 0.573. The zero-order valence-corrected chi connectivity index (χ0v) is 10.1. The van der Waals surface area contributed by atoms with Gasteiger partial charge in [-0.2, -0.15) is 0 Å². The molecule has 2 nitrogen and oxygen atoms in total. The van der Waals surface area contributed by atoms with Crippen LogP contribution in [0.3, 0.4) is 0 Å². The Kier molecular flexibility index (Phi) is 3.68. The quantitative estimate of drug-likeness (QED) is 0.903. The molecule has 0 aliphatic rings. The lowest BCUT2D eigenvalue weighted by Crippen LogP contribution is -2.19. The number of aromatic nitrogens is 1. The molecule has 1 atom stereocenters. The van der Waals surface area contributed by atoms with Gasteiger partial charge in [0.2, 0.25) is 0 Å². The SMILES string of the molecule is CC(Cc1cccs1)Nc1ncc(F)cc1F. The minimum atomic E-state index is -0.668. The largest absolute Gasteiger partial charge is 0.365 e. The van der Waals surface area contributed by atoms with E-state index in [9.17, 15) is 8.78 Å². The first kappa shape index (κ1) is 12.0. The van der Waals surface area contributed by atoms with E-state index in [1.807, 2.05) is 24.4 Å². The first-order valence-electron chi connectivity index (χ1n) is 5.25. The highest BCUT2D eigenvalue weighted by molar-refractivity contribution is 7.09. The predicted octanol–water partition coefficient (Wildman–Crippen LogP) is 3.46. The van der Waals surface area contributed by atoms with Crippen molar-refractivity contribution in [3.05, 3.63) is 46.3 Å². The summed E-state index contributed by atoms with van der Waals surface area (Å²) in [4.78, 5) is 4.90. The number of nitrogens with zero attached hydrogens (tertiary/aromatic N) is 1. The monoisotopic (exact) mass is 254 g/mol. The van der Waals surface area contributed by atoms with Crippen LogP contribution < -0.4 is 5.32 Å². The minimum absolute atomic E-state index is 0.0427. The van der Waals surface area contributed by atoms with Crippen LogP contribution in [0.2, 0.25) is 0 Å². The zero-order valence-electron chi connectivity index (χ0n) is 9.28. The Labute approximate surface area is 102 Å². The molecule has 5 heteroatoms. The van der Waals surface area contributed by atoms with Gasteiger partial charge in [-0.3, -0.25) is 0 Å². The van der Waals surface area contributed by atoms with E-state index in [0.717, 1.165) is 18.7 Å². The van der Waals surface area contributed by atoms with Crippen molar-refractivity contribution >= 4 is 17.2 Å². The Balaban J connectivity index is 2.00. The summed E-state index contributed by atoms with van der Waals surface area (Å²) in [5.74, 6) is -1.24. The summed E-state index contributed by atoms with van der Waals surface area (Å²) in [5, 5.41) is 4.93. The summed E-state index contributed by atoms with van der Waals surface area (Å²) >= 11 is 1.65. The van der Waals surface area contributed by atoms with Crippen molar-refractivity contribution in [2.24, 2.45) is 0 Å². The van der Waals surface area contributed by atoms with Gasteiger partial charge in [-0.1, -0.05) is 6.07 Å². The van der Waals surface area contributed by atoms with Crippen molar-refractivity contribution in [1.29, 1.82) is 0 Å². The molecular formula is C12H12F2N2S. The lowest BCUT2D eigenvalue weighted by atomic mass is 10.2. The number of pyridine rings is 1. The smallest absolute Gasteiger partial charge is 0.168 e. The fourth-order valence-electron chi connectivity index (χ4n) is 1.54. The maximum atomic E-state index is 13.3. The van der Waals surface area contributed by atoms with Gasteiger partial charge < -0.3 is 5.32 Å². The maximum absolute atomic E-state index is 13.3. The molecule has 0 fully saturated rings. The highest BCUT2D eigenvalue weighted by Crippen LogP contribution is 2.16. The molecule has 0 spiro atoms. The van der Waals surface area contributed by atoms with Gasteiger partial charge in [0.05, 0.1) is 6.20 Å². The molecule has 1 unspecified atom stereocenters. The summed E-state index contributed by atoms with van der Waals surface area (Å²) < 4.78 is 26.0. The summed E-state index contributed by atoms with van der Waals surface area (Å²) in [6.07, 6.45) is 1.79. The molecule has 2 aromatic heterocycles. The van der Waals surface area contributed by atoms with Crippen molar-refractivity contribution in [2.75, 3.05) is 5.32 Å². The third kappa shape index (κ3) is 3.23. The van der Waals surface area contributed by atoms with Crippen LogP contribution in [0.5, 0.6) is 0 Å². The number of rotatable bonds is 4. The van der Waals surface area contributed by atoms with Crippen molar-refractivity contribution in [3.63, 3.8) is 0 Å². The molecule has 0 aliphatic heterocycles. The summed E-state index contributed by atoms with van der Waals surface area (Å²) in [5.41, 5.74) is 0. The molecule has 2 heterocycles. The second kappa shape index (κ2) is 5.23. The Hall–Kier alpha value is -1.49. The molecule has 1 N–H and O–H groups in total. The number of halogens is 2. The number of hydrogen-bond acceptors (Lipinski definition) is 3. The third-order valence-corrected chi connectivity index (χ3v) is 3.18. The normalized spacial score (nSPS) is 12.4. The number of thiophene rings is 1. The van der Waals surface area contributed by atoms with Crippen LogP contribution in [-0.4, -0.2) is 11.0 Å². The maximum Gasteiger partial charge on any atom is 0.168 e. The first-order valence-corrected chi connectivity index (χ1v) is 6.13. The van der Waals surface area contributed by atoms with Gasteiger partial charge in [0, 0.05) is 23.4 Å². The van der Waals surface area contributed by atoms with Gasteiger partial charge in [0.1, 0.15) is 5.82 Å². The second-order valence-corrected chi connectivity index (χ2v) is 4.85. The van der Waals surface area contributed by atoms with Crippen LogP contribution >= 0.6 is 11.3 Å². The molecular weight excluding hydrogens is 242 g/mol. The molecule has 0 aliphatic carbocycles. The van der Waals surface area contributed by atoms with E-state index in [4.69, 9.17) is 0 Å². The molecule has 0 aromatic carbocycles. The number of hydrogen-bond donors (Lipinski definition) is 1. The van der Waals surface area contributed by atoms with Crippen LogP contribution in [0.4, 0.5) is 14.6 Å². The molecule has 0 bridgehead atoms. The molecule has 90 valence electrons. The van der Waals surface area contributed by atoms with Crippen LogP contribution in [0.25, 0.3) is 0 Å². The highest BCUT2D eigenvalue weighted by Gasteiger charge is 2.09. The van der Waals surface area contributed by atoms with E-state index in [-0.39, 0.29) is 11.9 Å². The molecule has 0 saturated carbocycles. The number of nitrogens with one attached hydrogen (secondary N) is 1. The standard InChI is InChI=1S/C12H12F2N2S/c1-8(5-10-3-2-4-17-10)16-12-11(14)6-9(13)7-15-12/h2-4,6-8H,5H2,1H3,(H,15,16). The lowest BCUT2D eigenvalue weighted by Gasteiger charge is -2.13. The van der Waals surface area contributed by atoms with Crippen molar-refractivity contribution < 1.29 is 8.78 Å². The van der Waals surface area contributed by atoms with Gasteiger partial charge in [-0.15, -0.1) is 11.3 Å². The molecule has 2 aromatic rings. The van der Waals surface area contributed by atoms with Crippen LogP contribution in [0.1, 0.15) is 11.8 Å². The van der Waals surface area contributed by atoms with Crippen molar-refractivity contribution in [1.82, 2.24) is 4.98 Å². The summed E-state index contributed by atoms with van der Waals surface area (Å²) in [6.45, 7) is 1.93. The van der Waals surface area contributed by atoms with Crippen molar-refractivity contribution in [3.8, 4) is 0 Å². The zero-order chi connectivity index (χ0) is 12.3. The molecule has 17 heavy (non-hydrogen) atoms. The fourth-order valence-corrected chi connectivity index (χ4v) is 2.37. The van der Waals surface area contributed by atoms with E-state index in [0.29, 0.717) is 0 Å². The average Bonchev–Trinajstić information content (AvgIpc) is 2.75. The minimum Gasteiger partial charge on any atom is -0.365 e. The summed E-state index contributed by atoms with van der Waals surface area (Å²) in [6, 6.07) is 4.87. The topological polar surface area (TPSA) is 24.9 Å². The van der Waals surface area contributed by atoms with Gasteiger partial charge in [0.15, 0.2) is 11.6 Å². The average molecular weight is 254 g/mol. The van der Waals surface area contributed by atoms with Gasteiger partial charge in [-0.25, -0.2) is 13.8 Å². The molecule has 0 radical (unpaired) electrons. The van der Waals surface area contributed by atoms with Crippen LogP contribution in [0.15, 0.2) is 29.8 Å². The van der Waals surface area contributed by atoms with Gasteiger partial charge in [-0.05, 0) is 18.4 Å². The van der Waals surface area contributed by atoms with E-state index in [2.05, 4.69) is 10.3 Å². The second-order valence-electron chi connectivity index (χ2n) is 3.81. The fraction of sp³-hybridized carbons (Fsp3) is 0.250. The van der Waals surface area contributed by atoms with E-state index in [1.54, 1.807) is 11.3 Å². The van der Waals surface area contributed by atoms with Crippen LogP contribution in [0, 0.1) is 11.6 Å². The first-order chi connectivity index (χ1) is 8.15. The Bertz CT molecular complexity index is 485. The van der Waals surface area contributed by atoms with E-state index < -0.39 is 11.6 Å². The Morgan fingerprint density at radius 1 is 1.47 bits per heavy atom. The molecule has 0 amide bonds. The van der Waals surface area contributed by atoms with E-state index >= 15 is 0 Å². The van der Waals surface area contributed by atoms with E-state index in [1.165, 1.54) is 4.88 Å². The highest BCUT2D eigenvalue weighted by atomic mass is 32.1. The third-order valence-electron chi connectivity index (χ3n) is 2.28. The Morgan fingerprint density at radius 2 is 2.29 bits per heavy atom. The molecule has 0 saturated heterocycles. The van der Waals surface area contributed by atoms with Gasteiger partial charge >= 0.3 is 0 Å². The number of anilines is 1. The molecule has 2 rings (SSSR count). The van der Waals surface area contributed by atoms with Crippen LogP contribution in [-0.2, 0) is 6.42 Å².